The fourth-order valence-corrected chi connectivity index (χ4v) is 5.83. The summed E-state index contributed by atoms with van der Waals surface area (Å²) in [6.07, 6.45) is 0. The molecule has 2 aromatic heterocycles. The lowest BCUT2D eigenvalue weighted by atomic mass is 10.2. The summed E-state index contributed by atoms with van der Waals surface area (Å²) in [5.41, 5.74) is 1.18. The maximum Gasteiger partial charge on any atom is 0.338 e. The van der Waals surface area contributed by atoms with E-state index in [0.717, 1.165) is 15.5 Å². The number of amidine groups is 1. The molecule has 0 amide bonds. The van der Waals surface area contributed by atoms with Gasteiger partial charge in [-0.05, 0) is 41.4 Å². The van der Waals surface area contributed by atoms with Gasteiger partial charge in [0.05, 0.1) is 21.9 Å². The van der Waals surface area contributed by atoms with Crippen LogP contribution < -0.4 is 4.90 Å². The molecule has 0 unspecified atom stereocenters. The second-order valence-electron chi connectivity index (χ2n) is 6.16. The Bertz CT molecular complexity index is 1230. The van der Waals surface area contributed by atoms with Gasteiger partial charge in [0, 0.05) is 11.4 Å². The minimum atomic E-state index is -3.42. The summed E-state index contributed by atoms with van der Waals surface area (Å²) in [7, 11) is -3.42. The molecule has 0 spiro atoms. The van der Waals surface area contributed by atoms with Gasteiger partial charge in [0.15, 0.2) is 11.8 Å². The zero-order chi connectivity index (χ0) is 20.0. The molecule has 1 aromatic carbocycles. The van der Waals surface area contributed by atoms with Crippen molar-refractivity contribution in [2.24, 2.45) is 4.40 Å². The number of thiophene rings is 1. The number of carbonyl (C=O) groups excluding carboxylic acids is 1. The van der Waals surface area contributed by atoms with Gasteiger partial charge in [0.2, 0.25) is 5.82 Å². The van der Waals surface area contributed by atoms with Crippen molar-refractivity contribution in [3.63, 3.8) is 0 Å². The maximum atomic E-state index is 12.4. The van der Waals surface area contributed by atoms with Crippen molar-refractivity contribution < 1.29 is 22.5 Å². The number of thioether (sulfide) groups is 1. The molecular weight excluding hydrogens is 436 g/mol. The van der Waals surface area contributed by atoms with E-state index in [4.69, 9.17) is 9.26 Å². The van der Waals surface area contributed by atoms with Gasteiger partial charge in [0.25, 0.3) is 15.9 Å². The highest BCUT2D eigenvalue weighted by Gasteiger charge is 2.33. The Morgan fingerprint density at radius 2 is 2.21 bits per heavy atom. The van der Waals surface area contributed by atoms with E-state index in [2.05, 4.69) is 14.5 Å². The second kappa shape index (κ2) is 6.97. The summed E-state index contributed by atoms with van der Waals surface area (Å²) < 4.78 is 37.6. The van der Waals surface area contributed by atoms with Gasteiger partial charge in [-0.3, -0.25) is 0 Å². The highest BCUT2D eigenvalue weighted by atomic mass is 32.2. The molecular formula is C17H12N4O5S3. The normalized spacial score (nSPS) is 16.8. The molecule has 148 valence electrons. The van der Waals surface area contributed by atoms with Crippen LogP contribution in [0.15, 0.2) is 49.5 Å². The van der Waals surface area contributed by atoms with E-state index < -0.39 is 16.0 Å². The Labute approximate surface area is 173 Å². The van der Waals surface area contributed by atoms with E-state index in [9.17, 15) is 13.2 Å². The first-order valence-electron chi connectivity index (χ1n) is 8.44. The summed E-state index contributed by atoms with van der Waals surface area (Å²) >= 11 is 2.70. The molecule has 0 saturated heterocycles. The number of benzene rings is 1. The maximum absolute atomic E-state index is 12.4. The number of nitrogens with zero attached hydrogens (tertiary/aromatic N) is 4. The first-order chi connectivity index (χ1) is 14.0. The highest BCUT2D eigenvalue weighted by molar-refractivity contribution is 8.15. The van der Waals surface area contributed by atoms with Crippen LogP contribution in [0.4, 0.5) is 5.69 Å². The van der Waals surface area contributed by atoms with Gasteiger partial charge < -0.3 is 14.2 Å². The van der Waals surface area contributed by atoms with Crippen molar-refractivity contribution >= 4 is 49.9 Å². The van der Waals surface area contributed by atoms with E-state index >= 15 is 0 Å². The quantitative estimate of drug-likeness (QED) is 0.556. The number of fused-ring (bicyclic) bond motifs is 3. The van der Waals surface area contributed by atoms with Gasteiger partial charge in [-0.25, -0.2) is 13.2 Å². The average Bonchev–Trinajstić information content (AvgIpc) is 3.42. The molecule has 4 heterocycles. The molecule has 29 heavy (non-hydrogen) atoms. The minimum Gasteiger partial charge on any atom is -0.452 e. The number of carbonyl (C=O) groups is 1. The van der Waals surface area contributed by atoms with Crippen molar-refractivity contribution in [3.8, 4) is 10.7 Å². The van der Waals surface area contributed by atoms with Crippen LogP contribution in [0.25, 0.3) is 10.7 Å². The molecule has 9 nitrogen and oxygen atoms in total. The third kappa shape index (κ3) is 3.54. The molecule has 0 N–H and O–H groups in total. The Hall–Kier alpha value is -2.70. The first-order valence-corrected chi connectivity index (χ1v) is 11.7. The molecule has 5 rings (SSSR count). The van der Waals surface area contributed by atoms with Crippen molar-refractivity contribution in [2.75, 3.05) is 17.2 Å². The fourth-order valence-electron chi connectivity index (χ4n) is 2.89. The second-order valence-corrected chi connectivity index (χ2v) is 9.87. The zero-order valence-electron chi connectivity index (χ0n) is 14.6. The standard InChI is InChI=1S/C17H12N4O5S3/c22-16(25-9-14-18-15(19-26-14)12-2-1-6-27-12)10-3-4-11-13(8-10)28-17-20-29(23,24)7-5-21(11)17/h1-4,6,8H,5,7,9H2. The first kappa shape index (κ1) is 18.3. The van der Waals surface area contributed by atoms with E-state index in [1.54, 1.807) is 18.2 Å². The summed E-state index contributed by atoms with van der Waals surface area (Å²) in [5.74, 6) is 0.0860. The van der Waals surface area contributed by atoms with Crippen molar-refractivity contribution in [2.45, 2.75) is 11.5 Å². The number of anilines is 1. The number of sulfonamides is 1. The van der Waals surface area contributed by atoms with Gasteiger partial charge in [-0.2, -0.15) is 4.98 Å². The lowest BCUT2D eigenvalue weighted by molar-refractivity contribution is 0.0429. The molecule has 2 aliphatic heterocycles. The lowest BCUT2D eigenvalue weighted by Gasteiger charge is -2.22. The summed E-state index contributed by atoms with van der Waals surface area (Å²) in [6.45, 7) is 0.202. The summed E-state index contributed by atoms with van der Waals surface area (Å²) in [5, 5.41) is 6.19. The third-order valence-electron chi connectivity index (χ3n) is 4.24. The number of aromatic nitrogens is 2. The molecule has 2 aliphatic rings. The average molecular weight is 449 g/mol. The topological polar surface area (TPSA) is 115 Å². The number of hydrogen-bond donors (Lipinski definition) is 0. The number of rotatable bonds is 4. The molecule has 0 fully saturated rings. The predicted molar refractivity (Wildman–Crippen MR) is 108 cm³/mol. The Kier molecular flexibility index (Phi) is 4.41. The number of ether oxygens (including phenoxy) is 1. The molecule has 0 saturated carbocycles. The van der Waals surface area contributed by atoms with Gasteiger partial charge in [-0.1, -0.05) is 11.2 Å². The van der Waals surface area contributed by atoms with Crippen molar-refractivity contribution in [1.29, 1.82) is 0 Å². The summed E-state index contributed by atoms with van der Waals surface area (Å²) in [6, 6.07) is 8.83. The van der Waals surface area contributed by atoms with Crippen LogP contribution in [0, 0.1) is 0 Å². The Morgan fingerprint density at radius 1 is 1.31 bits per heavy atom. The van der Waals surface area contributed by atoms with Crippen LogP contribution in [-0.4, -0.2) is 42.0 Å². The van der Waals surface area contributed by atoms with Crippen LogP contribution in [0.2, 0.25) is 0 Å². The largest absolute Gasteiger partial charge is 0.452 e. The van der Waals surface area contributed by atoms with E-state index in [1.807, 2.05) is 22.4 Å². The van der Waals surface area contributed by atoms with Gasteiger partial charge in [0.1, 0.15) is 0 Å². The molecule has 0 radical (unpaired) electrons. The van der Waals surface area contributed by atoms with Crippen molar-refractivity contribution in [3.05, 3.63) is 47.2 Å². The molecule has 0 atom stereocenters. The lowest BCUT2D eigenvalue weighted by Crippen LogP contribution is -2.35. The van der Waals surface area contributed by atoms with Crippen LogP contribution in [0.3, 0.4) is 0 Å². The van der Waals surface area contributed by atoms with Crippen LogP contribution in [0.5, 0.6) is 0 Å². The van der Waals surface area contributed by atoms with E-state index in [0.29, 0.717) is 23.1 Å². The molecule has 12 heteroatoms. The van der Waals surface area contributed by atoms with Crippen LogP contribution >= 0.6 is 23.1 Å². The highest BCUT2D eigenvalue weighted by Crippen LogP contribution is 2.42. The molecule has 0 bridgehead atoms. The van der Waals surface area contributed by atoms with E-state index in [-0.39, 0.29) is 18.3 Å². The minimum absolute atomic E-state index is 0.0298. The molecule has 3 aromatic rings. The smallest absolute Gasteiger partial charge is 0.338 e. The predicted octanol–water partition coefficient (Wildman–Crippen LogP) is 2.77. The Balaban J connectivity index is 1.29. The number of esters is 1. The monoisotopic (exact) mass is 448 g/mol. The van der Waals surface area contributed by atoms with Gasteiger partial charge >= 0.3 is 5.97 Å². The zero-order valence-corrected chi connectivity index (χ0v) is 17.1. The molecule has 0 aliphatic carbocycles. The Morgan fingerprint density at radius 3 is 3.03 bits per heavy atom. The van der Waals surface area contributed by atoms with E-state index in [1.165, 1.54) is 23.1 Å². The fraction of sp³-hybridized carbons (Fsp3) is 0.176. The van der Waals surface area contributed by atoms with Crippen molar-refractivity contribution in [1.82, 2.24) is 10.1 Å². The van der Waals surface area contributed by atoms with Gasteiger partial charge in [-0.15, -0.1) is 15.7 Å². The SMILES string of the molecule is O=C(OCc1nc(-c2cccs2)no1)c1ccc2c(c1)SC1=NS(=O)(=O)CCN12. The summed E-state index contributed by atoms with van der Waals surface area (Å²) in [4.78, 5) is 20.1. The number of hydrogen-bond acceptors (Lipinski definition) is 10. The van der Waals surface area contributed by atoms with Crippen LogP contribution in [-0.2, 0) is 21.4 Å². The third-order valence-corrected chi connectivity index (χ3v) is 7.42. The van der Waals surface area contributed by atoms with Crippen LogP contribution in [0.1, 0.15) is 16.2 Å².